The molecule has 0 radical (unpaired) electrons. The Morgan fingerprint density at radius 2 is 1.93 bits per heavy atom. The molecule has 3 aromatic rings. The summed E-state index contributed by atoms with van der Waals surface area (Å²) in [5.74, 6) is 1.33. The van der Waals surface area contributed by atoms with Gasteiger partial charge in [0.1, 0.15) is 5.82 Å². The van der Waals surface area contributed by atoms with Crippen LogP contribution in [0.1, 0.15) is 48.5 Å². The van der Waals surface area contributed by atoms with Gasteiger partial charge in [0.15, 0.2) is 0 Å². The lowest BCUT2D eigenvalue weighted by atomic mass is 9.87. The molecule has 29 heavy (non-hydrogen) atoms. The lowest BCUT2D eigenvalue weighted by Crippen LogP contribution is -2.38. The fourth-order valence-corrected chi connectivity index (χ4v) is 4.29. The van der Waals surface area contributed by atoms with E-state index in [4.69, 9.17) is 11.6 Å². The average Bonchev–Trinajstić information content (AvgIpc) is 2.71. The highest BCUT2D eigenvalue weighted by molar-refractivity contribution is 6.31. The van der Waals surface area contributed by atoms with E-state index in [2.05, 4.69) is 22.5 Å². The Morgan fingerprint density at radius 3 is 2.69 bits per heavy atom. The Bertz CT molecular complexity index is 1050. The molecule has 4 rings (SSSR count). The van der Waals surface area contributed by atoms with Gasteiger partial charge in [-0.1, -0.05) is 61.7 Å². The first kappa shape index (κ1) is 19.7. The summed E-state index contributed by atoms with van der Waals surface area (Å²) in [6, 6.07) is 14.0. The monoisotopic (exact) mass is 407 g/mol. The highest BCUT2D eigenvalue weighted by Gasteiger charge is 2.22. The third-order valence-corrected chi connectivity index (χ3v) is 6.15. The van der Waals surface area contributed by atoms with E-state index in [9.17, 15) is 4.79 Å². The summed E-state index contributed by atoms with van der Waals surface area (Å²) in [5.41, 5.74) is 2.51. The summed E-state index contributed by atoms with van der Waals surface area (Å²) in [5, 5.41) is 9.07. The van der Waals surface area contributed by atoms with E-state index in [1.807, 2.05) is 49.4 Å². The number of amides is 1. The van der Waals surface area contributed by atoms with Gasteiger partial charge in [-0.05, 0) is 48.8 Å². The van der Waals surface area contributed by atoms with Gasteiger partial charge < -0.3 is 10.6 Å². The smallest absolute Gasteiger partial charge is 0.253 e. The molecule has 2 aromatic carbocycles. The molecule has 0 spiro atoms. The SMILES string of the molecule is Cc1ccc(Nc2ncc(C(=O)N[C@H]3CCC[C@@H](C)C3)c3ccccc23)cc1Cl. The van der Waals surface area contributed by atoms with Gasteiger partial charge in [0.2, 0.25) is 0 Å². The van der Waals surface area contributed by atoms with Gasteiger partial charge in [-0.3, -0.25) is 4.79 Å². The summed E-state index contributed by atoms with van der Waals surface area (Å²) >= 11 is 6.25. The maximum absolute atomic E-state index is 13.0. The number of hydrogen-bond acceptors (Lipinski definition) is 3. The number of anilines is 2. The molecule has 1 aliphatic carbocycles. The molecule has 0 saturated heterocycles. The molecular formula is C24H26ClN3O. The zero-order chi connectivity index (χ0) is 20.4. The van der Waals surface area contributed by atoms with Crippen molar-refractivity contribution in [3.05, 3.63) is 64.8 Å². The van der Waals surface area contributed by atoms with Crippen LogP contribution in [0.15, 0.2) is 48.7 Å². The van der Waals surface area contributed by atoms with Crippen molar-refractivity contribution in [2.45, 2.75) is 45.6 Å². The van der Waals surface area contributed by atoms with Crippen molar-refractivity contribution in [2.24, 2.45) is 5.92 Å². The lowest BCUT2D eigenvalue weighted by Gasteiger charge is -2.27. The van der Waals surface area contributed by atoms with E-state index in [1.54, 1.807) is 6.20 Å². The second-order valence-corrected chi connectivity index (χ2v) is 8.50. The number of fused-ring (bicyclic) bond motifs is 1. The molecular weight excluding hydrogens is 382 g/mol. The van der Waals surface area contributed by atoms with Crippen LogP contribution in [0, 0.1) is 12.8 Å². The average molecular weight is 408 g/mol. The van der Waals surface area contributed by atoms with Gasteiger partial charge in [-0.25, -0.2) is 4.98 Å². The molecule has 5 heteroatoms. The van der Waals surface area contributed by atoms with Gasteiger partial charge in [0.05, 0.1) is 5.56 Å². The summed E-state index contributed by atoms with van der Waals surface area (Å²) in [4.78, 5) is 17.6. The minimum absolute atomic E-state index is 0.0438. The number of halogens is 1. The first-order valence-corrected chi connectivity index (χ1v) is 10.6. The second-order valence-electron chi connectivity index (χ2n) is 8.10. The van der Waals surface area contributed by atoms with Crippen molar-refractivity contribution in [3.63, 3.8) is 0 Å². The van der Waals surface area contributed by atoms with Crippen molar-refractivity contribution in [2.75, 3.05) is 5.32 Å². The van der Waals surface area contributed by atoms with E-state index in [-0.39, 0.29) is 11.9 Å². The zero-order valence-electron chi connectivity index (χ0n) is 16.8. The van der Waals surface area contributed by atoms with Crippen molar-refractivity contribution in [3.8, 4) is 0 Å². The molecule has 0 unspecified atom stereocenters. The third kappa shape index (κ3) is 4.38. The van der Waals surface area contributed by atoms with Crippen LogP contribution >= 0.6 is 11.6 Å². The van der Waals surface area contributed by atoms with Crippen molar-refractivity contribution in [1.82, 2.24) is 10.3 Å². The van der Waals surface area contributed by atoms with Crippen molar-refractivity contribution < 1.29 is 4.79 Å². The maximum Gasteiger partial charge on any atom is 0.253 e. The summed E-state index contributed by atoms with van der Waals surface area (Å²) in [7, 11) is 0. The Kier molecular flexibility index (Phi) is 5.72. The number of hydrogen-bond donors (Lipinski definition) is 2. The van der Waals surface area contributed by atoms with Crippen molar-refractivity contribution >= 4 is 39.8 Å². The molecule has 2 N–H and O–H groups in total. The third-order valence-electron chi connectivity index (χ3n) is 5.75. The molecule has 1 amide bonds. The second kappa shape index (κ2) is 8.42. The number of carbonyl (C=O) groups excluding carboxylic acids is 1. The van der Waals surface area contributed by atoms with Crippen LogP contribution in [0.4, 0.5) is 11.5 Å². The minimum Gasteiger partial charge on any atom is -0.349 e. The van der Waals surface area contributed by atoms with Crippen LogP contribution in [0.25, 0.3) is 10.8 Å². The van der Waals surface area contributed by atoms with Crippen LogP contribution in [0.3, 0.4) is 0 Å². The van der Waals surface area contributed by atoms with E-state index in [0.29, 0.717) is 22.3 Å². The van der Waals surface area contributed by atoms with Crippen LogP contribution in [0.2, 0.25) is 5.02 Å². The van der Waals surface area contributed by atoms with Crippen molar-refractivity contribution in [1.29, 1.82) is 0 Å². The van der Waals surface area contributed by atoms with E-state index >= 15 is 0 Å². The number of nitrogens with one attached hydrogen (secondary N) is 2. The number of aromatic nitrogens is 1. The number of rotatable bonds is 4. The van der Waals surface area contributed by atoms with Crippen LogP contribution in [0.5, 0.6) is 0 Å². The van der Waals surface area contributed by atoms with Crippen LogP contribution in [-0.4, -0.2) is 16.9 Å². The number of nitrogens with zero attached hydrogens (tertiary/aromatic N) is 1. The molecule has 1 fully saturated rings. The normalized spacial score (nSPS) is 19.1. The zero-order valence-corrected chi connectivity index (χ0v) is 17.6. The van der Waals surface area contributed by atoms with Crippen LogP contribution in [-0.2, 0) is 0 Å². The van der Waals surface area contributed by atoms with E-state index < -0.39 is 0 Å². The molecule has 1 aromatic heterocycles. The summed E-state index contributed by atoms with van der Waals surface area (Å²) in [6.07, 6.45) is 6.19. The van der Waals surface area contributed by atoms with Gasteiger partial charge >= 0.3 is 0 Å². The molecule has 1 saturated carbocycles. The first-order chi connectivity index (χ1) is 14.0. The largest absolute Gasteiger partial charge is 0.349 e. The fourth-order valence-electron chi connectivity index (χ4n) is 4.11. The van der Waals surface area contributed by atoms with Crippen LogP contribution < -0.4 is 10.6 Å². The molecule has 150 valence electrons. The Balaban J connectivity index is 1.62. The molecule has 2 atom stereocenters. The number of benzene rings is 2. The van der Waals surface area contributed by atoms with Gasteiger partial charge in [0.25, 0.3) is 5.91 Å². The maximum atomic E-state index is 13.0. The fraction of sp³-hybridized carbons (Fsp3) is 0.333. The molecule has 4 nitrogen and oxygen atoms in total. The van der Waals surface area contributed by atoms with Gasteiger partial charge in [-0.2, -0.15) is 0 Å². The highest BCUT2D eigenvalue weighted by atomic mass is 35.5. The Morgan fingerprint density at radius 1 is 1.14 bits per heavy atom. The molecule has 0 bridgehead atoms. The molecule has 0 aliphatic heterocycles. The number of pyridine rings is 1. The minimum atomic E-state index is -0.0438. The predicted molar refractivity (Wildman–Crippen MR) is 120 cm³/mol. The summed E-state index contributed by atoms with van der Waals surface area (Å²) in [6.45, 7) is 4.23. The quantitative estimate of drug-likeness (QED) is 0.537. The molecule has 1 heterocycles. The van der Waals surface area contributed by atoms with E-state index in [0.717, 1.165) is 34.9 Å². The first-order valence-electron chi connectivity index (χ1n) is 10.2. The Labute approximate surface area is 176 Å². The van der Waals surface area contributed by atoms with E-state index in [1.165, 1.54) is 12.8 Å². The summed E-state index contributed by atoms with van der Waals surface area (Å²) < 4.78 is 0. The molecule has 1 aliphatic rings. The van der Waals surface area contributed by atoms with Gasteiger partial charge in [-0.15, -0.1) is 0 Å². The highest BCUT2D eigenvalue weighted by Crippen LogP contribution is 2.29. The standard InChI is InChI=1S/C24H26ClN3O/c1-15-6-5-7-17(12-15)28-24(29)21-14-26-23(20-9-4-3-8-19(20)21)27-18-11-10-16(2)22(25)13-18/h3-4,8-11,13-15,17H,5-7,12H2,1-2H3,(H,26,27)(H,28,29)/t15-,17+/m1/s1. The predicted octanol–water partition coefficient (Wildman–Crippen LogP) is 6.25. The Hall–Kier alpha value is -2.59. The lowest BCUT2D eigenvalue weighted by molar-refractivity contribution is 0.0923. The number of carbonyl (C=O) groups is 1. The number of aryl methyl sites for hydroxylation is 1. The topological polar surface area (TPSA) is 54.0 Å². The van der Waals surface area contributed by atoms with Gasteiger partial charge in [0, 0.05) is 28.3 Å².